The maximum Gasteiger partial charge on any atom is 0.231 e. The van der Waals surface area contributed by atoms with Crippen LogP contribution in [0.5, 0.6) is 0 Å². The number of hydrogen-bond donors (Lipinski definition) is 1. The molecule has 0 saturated carbocycles. The summed E-state index contributed by atoms with van der Waals surface area (Å²) in [6, 6.07) is 8.03. The molecule has 0 bridgehead atoms. The number of aryl methyl sites for hydroxylation is 1. The third-order valence-electron chi connectivity index (χ3n) is 4.11. The second-order valence-electron chi connectivity index (χ2n) is 5.58. The summed E-state index contributed by atoms with van der Waals surface area (Å²) in [7, 11) is 1.81. The molecule has 3 aromatic rings. The number of aromatic nitrogens is 2. The summed E-state index contributed by atoms with van der Waals surface area (Å²) >= 11 is 1.62. The molecule has 116 valence electrons. The number of amides is 1. The van der Waals surface area contributed by atoms with E-state index in [-0.39, 0.29) is 5.91 Å². The van der Waals surface area contributed by atoms with Gasteiger partial charge in [-0.25, -0.2) is 9.97 Å². The van der Waals surface area contributed by atoms with Crippen molar-refractivity contribution in [2.24, 2.45) is 0 Å². The van der Waals surface area contributed by atoms with Crippen LogP contribution in [0.15, 0.2) is 29.6 Å². The molecule has 3 heterocycles. The average Bonchev–Trinajstić information content (AvgIpc) is 3.12. The van der Waals surface area contributed by atoms with Crippen LogP contribution < -0.4 is 10.2 Å². The maximum atomic E-state index is 11.8. The van der Waals surface area contributed by atoms with Gasteiger partial charge in [0.1, 0.15) is 16.5 Å². The zero-order valence-electron chi connectivity index (χ0n) is 13.0. The highest BCUT2D eigenvalue weighted by Gasteiger charge is 2.24. The lowest BCUT2D eigenvalue weighted by atomic mass is 10.1. The van der Waals surface area contributed by atoms with Gasteiger partial charge in [-0.3, -0.25) is 4.79 Å². The quantitative estimate of drug-likeness (QED) is 0.801. The van der Waals surface area contributed by atoms with E-state index in [1.807, 2.05) is 36.7 Å². The van der Waals surface area contributed by atoms with Crippen LogP contribution in [0.2, 0.25) is 0 Å². The maximum absolute atomic E-state index is 11.8. The largest absolute Gasteiger partial charge is 0.340 e. The zero-order valence-corrected chi connectivity index (χ0v) is 13.8. The predicted octanol–water partition coefficient (Wildman–Crippen LogP) is 3.52. The Bertz CT molecular complexity index is 918. The summed E-state index contributed by atoms with van der Waals surface area (Å²) in [6.45, 7) is 2.05. The van der Waals surface area contributed by atoms with Crippen LogP contribution in [0.25, 0.3) is 10.2 Å². The van der Waals surface area contributed by atoms with Crippen molar-refractivity contribution in [2.75, 3.05) is 17.3 Å². The van der Waals surface area contributed by atoms with Crippen molar-refractivity contribution in [1.29, 1.82) is 0 Å². The first kappa shape index (κ1) is 14.1. The van der Waals surface area contributed by atoms with Crippen LogP contribution in [-0.2, 0) is 17.6 Å². The summed E-state index contributed by atoms with van der Waals surface area (Å²) in [5.74, 6) is 1.79. The minimum Gasteiger partial charge on any atom is -0.340 e. The first-order valence-electron chi connectivity index (χ1n) is 7.56. The van der Waals surface area contributed by atoms with E-state index in [0.717, 1.165) is 45.2 Å². The van der Waals surface area contributed by atoms with Gasteiger partial charge in [-0.15, -0.1) is 11.3 Å². The van der Waals surface area contributed by atoms with Crippen molar-refractivity contribution in [2.45, 2.75) is 19.8 Å². The van der Waals surface area contributed by atoms with Crippen molar-refractivity contribution in [1.82, 2.24) is 9.97 Å². The molecular weight excluding hydrogens is 308 g/mol. The molecule has 0 spiro atoms. The molecule has 0 radical (unpaired) electrons. The number of nitrogens with zero attached hydrogens (tertiary/aromatic N) is 3. The Morgan fingerprint density at radius 2 is 2.17 bits per heavy atom. The van der Waals surface area contributed by atoms with Gasteiger partial charge < -0.3 is 10.2 Å². The molecular formula is C17H16N4OS. The molecule has 0 aliphatic carbocycles. The number of rotatable bonds is 3. The van der Waals surface area contributed by atoms with E-state index >= 15 is 0 Å². The number of anilines is 3. The molecule has 1 amide bonds. The molecule has 6 heteroatoms. The predicted molar refractivity (Wildman–Crippen MR) is 93.6 cm³/mol. The van der Waals surface area contributed by atoms with E-state index in [4.69, 9.17) is 0 Å². The van der Waals surface area contributed by atoms with E-state index in [2.05, 4.69) is 22.2 Å². The molecule has 1 aliphatic heterocycles. The molecule has 2 aromatic heterocycles. The van der Waals surface area contributed by atoms with Crippen molar-refractivity contribution in [3.8, 4) is 0 Å². The second-order valence-corrected chi connectivity index (χ2v) is 6.47. The minimum atomic E-state index is 0.132. The summed E-state index contributed by atoms with van der Waals surface area (Å²) < 4.78 is 0. The summed E-state index contributed by atoms with van der Waals surface area (Å²) in [5.41, 5.74) is 2.98. The van der Waals surface area contributed by atoms with Crippen molar-refractivity contribution in [3.63, 3.8) is 0 Å². The Morgan fingerprint density at radius 1 is 1.30 bits per heavy atom. The fourth-order valence-corrected chi connectivity index (χ4v) is 3.62. The van der Waals surface area contributed by atoms with Crippen LogP contribution in [0.1, 0.15) is 18.3 Å². The molecule has 5 nitrogen and oxygen atoms in total. The molecule has 0 saturated heterocycles. The van der Waals surface area contributed by atoms with Gasteiger partial charge in [0.25, 0.3) is 0 Å². The van der Waals surface area contributed by atoms with Crippen LogP contribution in [0.4, 0.5) is 17.2 Å². The topological polar surface area (TPSA) is 58.1 Å². The number of fused-ring (bicyclic) bond motifs is 2. The van der Waals surface area contributed by atoms with Crippen LogP contribution in [-0.4, -0.2) is 22.9 Å². The third-order valence-corrected chi connectivity index (χ3v) is 4.91. The van der Waals surface area contributed by atoms with Gasteiger partial charge in [0, 0.05) is 24.8 Å². The fraction of sp³-hybridized carbons (Fsp3) is 0.235. The van der Waals surface area contributed by atoms with E-state index < -0.39 is 0 Å². The van der Waals surface area contributed by atoms with Gasteiger partial charge in [0.05, 0.1) is 11.8 Å². The molecule has 1 aliphatic rings. The van der Waals surface area contributed by atoms with E-state index in [0.29, 0.717) is 6.42 Å². The van der Waals surface area contributed by atoms with Gasteiger partial charge in [0.2, 0.25) is 5.91 Å². The fourth-order valence-electron chi connectivity index (χ4n) is 2.84. The number of thiophene rings is 1. The Morgan fingerprint density at radius 3 is 3.00 bits per heavy atom. The molecule has 0 atom stereocenters. The van der Waals surface area contributed by atoms with Crippen molar-refractivity contribution in [3.05, 3.63) is 41.0 Å². The summed E-state index contributed by atoms with van der Waals surface area (Å²) in [6.07, 6.45) is 1.26. The van der Waals surface area contributed by atoms with Crippen molar-refractivity contribution >= 4 is 44.7 Å². The normalized spacial score (nSPS) is 13.7. The number of nitrogens with one attached hydrogen (secondary N) is 1. The Hall–Kier alpha value is -2.47. The lowest BCUT2D eigenvalue weighted by molar-refractivity contribution is -0.117. The number of likely N-dealkylation sites (N-methyl/N-ethyl adjacent to an activating group) is 1. The first-order valence-corrected chi connectivity index (χ1v) is 8.44. The lowest BCUT2D eigenvalue weighted by Crippen LogP contribution is -2.20. The van der Waals surface area contributed by atoms with Crippen LogP contribution in [0, 0.1) is 0 Å². The summed E-state index contributed by atoms with van der Waals surface area (Å²) in [4.78, 5) is 23.7. The molecule has 0 unspecified atom stereocenters. The molecule has 4 rings (SSSR count). The molecule has 23 heavy (non-hydrogen) atoms. The Balaban J connectivity index is 1.73. The van der Waals surface area contributed by atoms with Gasteiger partial charge in [-0.2, -0.15) is 0 Å². The Labute approximate surface area is 138 Å². The minimum absolute atomic E-state index is 0.132. The second kappa shape index (κ2) is 5.31. The lowest BCUT2D eigenvalue weighted by Gasteiger charge is -2.12. The van der Waals surface area contributed by atoms with E-state index in [1.165, 1.54) is 0 Å². The van der Waals surface area contributed by atoms with E-state index in [1.54, 1.807) is 16.2 Å². The number of carbonyl (C=O) groups is 1. The highest BCUT2D eigenvalue weighted by Crippen LogP contribution is 2.32. The zero-order chi connectivity index (χ0) is 16.0. The highest BCUT2D eigenvalue weighted by molar-refractivity contribution is 7.16. The van der Waals surface area contributed by atoms with E-state index in [9.17, 15) is 4.79 Å². The average molecular weight is 324 g/mol. The molecule has 0 fully saturated rings. The number of carbonyl (C=O) groups excluding carboxylic acids is 1. The standard InChI is InChI=1S/C17H16N4OS/c1-3-14-19-16(12-6-7-23-17(12)20-14)18-11-4-5-13-10(8-11)9-15(22)21(13)2/h4-8H,3,9H2,1-2H3,(H,18,19,20). The van der Waals surface area contributed by atoms with Gasteiger partial charge in [0.15, 0.2) is 0 Å². The smallest absolute Gasteiger partial charge is 0.231 e. The van der Waals surface area contributed by atoms with Gasteiger partial charge in [-0.05, 0) is 35.2 Å². The van der Waals surface area contributed by atoms with Gasteiger partial charge >= 0.3 is 0 Å². The number of benzene rings is 1. The monoisotopic (exact) mass is 324 g/mol. The molecule has 1 aromatic carbocycles. The molecule has 1 N–H and O–H groups in total. The number of hydrogen-bond acceptors (Lipinski definition) is 5. The third kappa shape index (κ3) is 2.35. The first-order chi connectivity index (χ1) is 11.2. The van der Waals surface area contributed by atoms with Gasteiger partial charge in [-0.1, -0.05) is 6.92 Å². The van der Waals surface area contributed by atoms with Crippen LogP contribution in [0.3, 0.4) is 0 Å². The highest BCUT2D eigenvalue weighted by atomic mass is 32.1. The SMILES string of the molecule is CCc1nc(Nc2ccc3c(c2)CC(=O)N3C)c2ccsc2n1. The Kier molecular flexibility index (Phi) is 3.27. The van der Waals surface area contributed by atoms with Crippen molar-refractivity contribution < 1.29 is 4.79 Å². The van der Waals surface area contributed by atoms with Crippen LogP contribution >= 0.6 is 11.3 Å². The summed E-state index contributed by atoms with van der Waals surface area (Å²) in [5, 5.41) is 6.45.